The Labute approximate surface area is 166 Å². The van der Waals surface area contributed by atoms with Crippen LogP contribution in [0, 0.1) is 0 Å². The van der Waals surface area contributed by atoms with E-state index < -0.39 is 8.65 Å². The third kappa shape index (κ3) is 5.35. The molecule has 4 heteroatoms. The molecule has 25 heavy (non-hydrogen) atoms. The summed E-state index contributed by atoms with van der Waals surface area (Å²) < 4.78 is -1.11. The zero-order valence-electron chi connectivity index (χ0n) is 14.9. The van der Waals surface area contributed by atoms with Gasteiger partial charge in [-0.3, -0.25) is 9.59 Å². The van der Waals surface area contributed by atoms with Crippen molar-refractivity contribution in [3.63, 3.8) is 0 Å². The minimum atomic E-state index is -0.555. The molecule has 2 aromatic carbocycles. The second-order valence-corrected chi connectivity index (χ2v) is 11.1. The van der Waals surface area contributed by atoms with Gasteiger partial charge in [0.1, 0.15) is 0 Å². The van der Waals surface area contributed by atoms with Gasteiger partial charge in [0.2, 0.25) is 0 Å². The molecule has 0 unspecified atom stereocenters. The van der Waals surface area contributed by atoms with Crippen LogP contribution in [0.4, 0.5) is 0 Å². The number of Topliss-reactive ketones (excluding diaryl/α,β-unsaturated/α-hetero) is 2. The minimum absolute atomic E-state index is 0.0688. The van der Waals surface area contributed by atoms with Crippen LogP contribution in [0.1, 0.15) is 59.5 Å². The molecular weight excluding hydrogens is 444 g/mol. The van der Waals surface area contributed by atoms with Gasteiger partial charge in [0.25, 0.3) is 0 Å². The number of rotatable bonds is 6. The number of halogens is 2. The summed E-state index contributed by atoms with van der Waals surface area (Å²) in [7, 11) is 0. The number of ketones is 2. The fourth-order valence-electron chi connectivity index (χ4n) is 2.47. The maximum atomic E-state index is 12.2. The molecule has 2 nitrogen and oxygen atoms in total. The topological polar surface area (TPSA) is 34.1 Å². The predicted molar refractivity (Wildman–Crippen MR) is 110 cm³/mol. The smallest absolute Gasteiger partial charge is 0.178 e. The van der Waals surface area contributed by atoms with E-state index in [2.05, 4.69) is 31.9 Å². The Balaban J connectivity index is 2.10. The van der Waals surface area contributed by atoms with Crippen LogP contribution in [0.2, 0.25) is 0 Å². The zero-order valence-corrected chi connectivity index (χ0v) is 18.1. The molecule has 0 aromatic heterocycles. The highest BCUT2D eigenvalue weighted by atomic mass is 79.9. The van der Waals surface area contributed by atoms with Gasteiger partial charge in [0, 0.05) is 11.1 Å². The SMILES string of the molecule is CC(C)(Br)C(=O)c1ccc(Cc2ccc(C(=O)C(C)(C)Br)cc2)cc1. The van der Waals surface area contributed by atoms with Crippen LogP contribution in [-0.4, -0.2) is 20.2 Å². The highest BCUT2D eigenvalue weighted by molar-refractivity contribution is 9.10. The van der Waals surface area contributed by atoms with Crippen molar-refractivity contribution >= 4 is 43.4 Å². The standard InChI is InChI=1S/C21H22Br2O2/c1-20(2,22)18(24)16-9-5-14(6-10-16)13-15-7-11-17(12-8-15)19(25)21(3,4)23/h5-12H,13H2,1-4H3. The van der Waals surface area contributed by atoms with E-state index in [4.69, 9.17) is 0 Å². The number of benzene rings is 2. The third-order valence-corrected chi connectivity index (χ3v) is 4.64. The van der Waals surface area contributed by atoms with E-state index in [9.17, 15) is 9.59 Å². The van der Waals surface area contributed by atoms with Crippen molar-refractivity contribution in [2.24, 2.45) is 0 Å². The Morgan fingerprint density at radius 3 is 1.20 bits per heavy atom. The molecule has 0 saturated carbocycles. The first kappa shape index (κ1) is 20.1. The van der Waals surface area contributed by atoms with Gasteiger partial charge >= 0.3 is 0 Å². The van der Waals surface area contributed by atoms with Crippen molar-refractivity contribution in [2.45, 2.75) is 42.8 Å². The molecule has 0 heterocycles. The summed E-state index contributed by atoms with van der Waals surface area (Å²) in [4.78, 5) is 24.5. The van der Waals surface area contributed by atoms with E-state index >= 15 is 0 Å². The number of hydrogen-bond acceptors (Lipinski definition) is 2. The van der Waals surface area contributed by atoms with Crippen LogP contribution in [0.3, 0.4) is 0 Å². The van der Waals surface area contributed by atoms with Crippen molar-refractivity contribution in [3.05, 3.63) is 70.8 Å². The highest BCUT2D eigenvalue weighted by Crippen LogP contribution is 2.24. The molecule has 0 aliphatic carbocycles. The summed E-state index contributed by atoms with van der Waals surface area (Å²) in [5, 5.41) is 0. The van der Waals surface area contributed by atoms with Crippen molar-refractivity contribution in [3.8, 4) is 0 Å². The molecule has 132 valence electrons. The summed E-state index contributed by atoms with van der Waals surface area (Å²) >= 11 is 6.81. The van der Waals surface area contributed by atoms with E-state index in [1.807, 2.05) is 76.2 Å². The second-order valence-electron chi connectivity index (χ2n) is 7.17. The normalized spacial score (nSPS) is 12.1. The largest absolute Gasteiger partial charge is 0.293 e. The van der Waals surface area contributed by atoms with Crippen LogP contribution in [0.15, 0.2) is 48.5 Å². The maximum absolute atomic E-state index is 12.2. The Morgan fingerprint density at radius 1 is 0.680 bits per heavy atom. The molecule has 2 rings (SSSR count). The molecule has 0 aliphatic heterocycles. The fraction of sp³-hybridized carbons (Fsp3) is 0.333. The molecule has 0 spiro atoms. The van der Waals surface area contributed by atoms with Crippen molar-refractivity contribution in [2.75, 3.05) is 0 Å². The highest BCUT2D eigenvalue weighted by Gasteiger charge is 2.25. The zero-order chi connectivity index (χ0) is 18.8. The molecule has 0 N–H and O–H groups in total. The molecule has 2 aromatic rings. The molecule has 0 amide bonds. The van der Waals surface area contributed by atoms with E-state index in [1.54, 1.807) is 0 Å². The first-order valence-corrected chi connectivity index (χ1v) is 9.72. The van der Waals surface area contributed by atoms with Gasteiger partial charge in [-0.25, -0.2) is 0 Å². The monoisotopic (exact) mass is 464 g/mol. The molecular formula is C21H22Br2O2. The van der Waals surface area contributed by atoms with Crippen LogP contribution < -0.4 is 0 Å². The van der Waals surface area contributed by atoms with Crippen molar-refractivity contribution < 1.29 is 9.59 Å². The lowest BCUT2D eigenvalue weighted by Gasteiger charge is -2.15. The Kier molecular flexibility index (Phi) is 6.05. The van der Waals surface area contributed by atoms with Crippen LogP contribution >= 0.6 is 31.9 Å². The summed E-state index contributed by atoms with van der Waals surface area (Å²) in [5.74, 6) is 0.138. The van der Waals surface area contributed by atoms with Gasteiger partial charge in [0.05, 0.1) is 8.65 Å². The average Bonchev–Trinajstić information content (AvgIpc) is 2.53. The fourth-order valence-corrected chi connectivity index (χ4v) is 2.93. The number of carbonyl (C=O) groups is 2. The van der Waals surface area contributed by atoms with E-state index in [1.165, 1.54) is 0 Å². The van der Waals surface area contributed by atoms with E-state index in [0.29, 0.717) is 11.1 Å². The molecule has 0 atom stereocenters. The van der Waals surface area contributed by atoms with Gasteiger partial charge in [-0.1, -0.05) is 80.4 Å². The average molecular weight is 466 g/mol. The molecule has 0 bridgehead atoms. The lowest BCUT2D eigenvalue weighted by molar-refractivity contribution is 0.0954. The van der Waals surface area contributed by atoms with Gasteiger partial charge in [0.15, 0.2) is 11.6 Å². The maximum Gasteiger partial charge on any atom is 0.178 e. The van der Waals surface area contributed by atoms with Gasteiger partial charge < -0.3 is 0 Å². The minimum Gasteiger partial charge on any atom is -0.293 e. The first-order chi connectivity index (χ1) is 11.5. The van der Waals surface area contributed by atoms with E-state index in [0.717, 1.165) is 17.5 Å². The third-order valence-electron chi connectivity index (χ3n) is 3.92. The Bertz CT molecular complexity index is 694. The lowest BCUT2D eigenvalue weighted by Crippen LogP contribution is -2.24. The molecule has 0 saturated heterocycles. The number of hydrogen-bond donors (Lipinski definition) is 0. The summed E-state index contributed by atoms with van der Waals surface area (Å²) in [6.45, 7) is 7.39. The Hall–Kier alpha value is -1.26. The van der Waals surface area contributed by atoms with Crippen LogP contribution in [0.5, 0.6) is 0 Å². The van der Waals surface area contributed by atoms with Gasteiger partial charge in [-0.15, -0.1) is 0 Å². The van der Waals surface area contributed by atoms with E-state index in [-0.39, 0.29) is 11.6 Å². The summed E-state index contributed by atoms with van der Waals surface area (Å²) in [6.07, 6.45) is 0.762. The van der Waals surface area contributed by atoms with Crippen LogP contribution in [-0.2, 0) is 6.42 Å². The second kappa shape index (κ2) is 7.55. The molecule has 0 radical (unpaired) electrons. The number of alkyl halides is 2. The quantitative estimate of drug-likeness (QED) is 0.387. The summed E-state index contributed by atoms with van der Waals surface area (Å²) in [5.41, 5.74) is 3.66. The molecule has 0 fully saturated rings. The number of carbonyl (C=O) groups excluding carboxylic acids is 2. The first-order valence-electron chi connectivity index (χ1n) is 8.14. The van der Waals surface area contributed by atoms with Crippen molar-refractivity contribution in [1.82, 2.24) is 0 Å². The molecule has 0 aliphatic rings. The Morgan fingerprint density at radius 2 is 0.960 bits per heavy atom. The van der Waals surface area contributed by atoms with Crippen LogP contribution in [0.25, 0.3) is 0 Å². The van der Waals surface area contributed by atoms with Gasteiger partial charge in [-0.05, 0) is 45.2 Å². The summed E-state index contributed by atoms with van der Waals surface area (Å²) in [6, 6.07) is 15.4. The lowest BCUT2D eigenvalue weighted by atomic mass is 9.96. The van der Waals surface area contributed by atoms with Crippen molar-refractivity contribution in [1.29, 1.82) is 0 Å². The van der Waals surface area contributed by atoms with Gasteiger partial charge in [-0.2, -0.15) is 0 Å². The predicted octanol–water partition coefficient (Wildman–Crippen LogP) is 5.99.